The molecular weight excluding hydrogens is 332 g/mol. The van der Waals surface area contributed by atoms with E-state index in [1.54, 1.807) is 30.3 Å². The second-order valence-corrected chi connectivity index (χ2v) is 6.14. The van der Waals surface area contributed by atoms with Gasteiger partial charge in [0.05, 0.1) is 7.11 Å². The quantitative estimate of drug-likeness (QED) is 0.800. The normalized spacial score (nSPS) is 11.1. The van der Waals surface area contributed by atoms with E-state index in [9.17, 15) is 8.42 Å². The molecular formula is C13H11BrO4S. The van der Waals surface area contributed by atoms with Crippen LogP contribution in [0.2, 0.25) is 0 Å². The van der Waals surface area contributed by atoms with Crippen LogP contribution >= 0.6 is 15.9 Å². The van der Waals surface area contributed by atoms with Gasteiger partial charge in [0.25, 0.3) is 0 Å². The number of methoxy groups -OCH3 is 1. The Morgan fingerprint density at radius 1 is 1.00 bits per heavy atom. The molecule has 0 atom stereocenters. The second-order valence-electron chi connectivity index (χ2n) is 3.67. The topological polar surface area (TPSA) is 52.6 Å². The minimum Gasteiger partial charge on any atom is -0.497 e. The molecule has 0 amide bonds. The van der Waals surface area contributed by atoms with Crippen LogP contribution in [0.4, 0.5) is 0 Å². The molecule has 2 rings (SSSR count). The highest BCUT2D eigenvalue weighted by molar-refractivity contribution is 9.10. The van der Waals surface area contributed by atoms with Gasteiger partial charge in [-0.2, -0.15) is 8.42 Å². The largest absolute Gasteiger partial charge is 0.497 e. The van der Waals surface area contributed by atoms with Gasteiger partial charge < -0.3 is 8.92 Å². The van der Waals surface area contributed by atoms with Crippen LogP contribution in [0, 0.1) is 0 Å². The molecule has 0 unspecified atom stereocenters. The van der Waals surface area contributed by atoms with Crippen molar-refractivity contribution in [1.29, 1.82) is 0 Å². The summed E-state index contributed by atoms with van der Waals surface area (Å²) in [5.41, 5.74) is 0. The fraction of sp³-hybridized carbons (Fsp3) is 0.0769. The van der Waals surface area contributed by atoms with Crippen LogP contribution in [0.1, 0.15) is 0 Å². The lowest BCUT2D eigenvalue weighted by atomic mass is 10.3. The highest BCUT2D eigenvalue weighted by atomic mass is 79.9. The van der Waals surface area contributed by atoms with Crippen molar-refractivity contribution in [1.82, 2.24) is 0 Å². The third kappa shape index (κ3) is 3.48. The first-order valence-corrected chi connectivity index (χ1v) is 7.55. The van der Waals surface area contributed by atoms with Gasteiger partial charge in [-0.25, -0.2) is 0 Å². The number of hydrogen-bond donors (Lipinski definition) is 0. The highest BCUT2D eigenvalue weighted by Gasteiger charge is 2.17. The van der Waals surface area contributed by atoms with Crippen LogP contribution in [0.5, 0.6) is 11.5 Å². The summed E-state index contributed by atoms with van der Waals surface area (Å²) in [5, 5.41) is 0. The summed E-state index contributed by atoms with van der Waals surface area (Å²) in [6.45, 7) is 0. The Bertz CT molecular complexity index is 683. The van der Waals surface area contributed by atoms with E-state index in [1.165, 1.54) is 25.3 Å². The average molecular weight is 343 g/mol. The van der Waals surface area contributed by atoms with Crippen molar-refractivity contribution in [2.45, 2.75) is 4.90 Å². The highest BCUT2D eigenvalue weighted by Crippen LogP contribution is 2.24. The molecule has 0 aromatic heterocycles. The maximum absolute atomic E-state index is 12.1. The average Bonchev–Trinajstić information content (AvgIpc) is 2.38. The molecule has 0 N–H and O–H groups in total. The summed E-state index contributed by atoms with van der Waals surface area (Å²) in [7, 11) is -2.34. The summed E-state index contributed by atoms with van der Waals surface area (Å²) in [4.78, 5) is 0.0877. The lowest BCUT2D eigenvalue weighted by Crippen LogP contribution is -2.09. The minimum atomic E-state index is -3.85. The fourth-order valence-electron chi connectivity index (χ4n) is 1.45. The van der Waals surface area contributed by atoms with Crippen LogP contribution in [-0.2, 0) is 10.1 Å². The summed E-state index contributed by atoms with van der Waals surface area (Å²) in [6.07, 6.45) is 0. The molecule has 100 valence electrons. The third-order valence-electron chi connectivity index (χ3n) is 2.33. The maximum Gasteiger partial charge on any atom is 0.339 e. The van der Waals surface area contributed by atoms with Crippen molar-refractivity contribution < 1.29 is 17.3 Å². The number of rotatable bonds is 4. The molecule has 0 bridgehead atoms. The molecule has 2 aromatic rings. The van der Waals surface area contributed by atoms with Crippen molar-refractivity contribution in [3.8, 4) is 11.5 Å². The second kappa shape index (κ2) is 5.63. The Balaban J connectivity index is 2.31. The first-order chi connectivity index (χ1) is 9.01. The van der Waals surface area contributed by atoms with Crippen LogP contribution < -0.4 is 8.92 Å². The molecule has 2 aromatic carbocycles. The van der Waals surface area contributed by atoms with Gasteiger partial charge in [-0.3, -0.25) is 0 Å². The predicted molar refractivity (Wildman–Crippen MR) is 74.9 cm³/mol. The molecule has 0 aliphatic rings. The van der Waals surface area contributed by atoms with E-state index in [1.807, 2.05) is 0 Å². The zero-order valence-corrected chi connectivity index (χ0v) is 12.4. The predicted octanol–water partition coefficient (Wildman–Crippen LogP) is 3.23. The number of hydrogen-bond acceptors (Lipinski definition) is 4. The summed E-state index contributed by atoms with van der Waals surface area (Å²) in [6, 6.07) is 12.8. The van der Waals surface area contributed by atoms with Gasteiger partial charge >= 0.3 is 10.1 Å². The molecule has 0 fully saturated rings. The van der Waals surface area contributed by atoms with Crippen molar-refractivity contribution in [3.05, 3.63) is 53.0 Å². The molecule has 0 saturated heterocycles. The monoisotopic (exact) mass is 342 g/mol. The van der Waals surface area contributed by atoms with E-state index in [4.69, 9.17) is 8.92 Å². The van der Waals surface area contributed by atoms with E-state index in [0.29, 0.717) is 10.2 Å². The Kier molecular flexibility index (Phi) is 4.11. The first-order valence-electron chi connectivity index (χ1n) is 5.35. The van der Waals surface area contributed by atoms with Gasteiger partial charge in [0.2, 0.25) is 0 Å². The summed E-state index contributed by atoms with van der Waals surface area (Å²) < 4.78 is 34.9. The van der Waals surface area contributed by atoms with Crippen LogP contribution in [-0.4, -0.2) is 15.5 Å². The van der Waals surface area contributed by atoms with Crippen LogP contribution in [0.25, 0.3) is 0 Å². The minimum absolute atomic E-state index is 0.0877. The SMILES string of the molecule is COc1cccc(OS(=O)(=O)c2cccc(Br)c2)c1. The van der Waals surface area contributed by atoms with E-state index in [-0.39, 0.29) is 10.6 Å². The lowest BCUT2D eigenvalue weighted by Gasteiger charge is -2.08. The first kappa shape index (κ1) is 13.9. The molecule has 0 radical (unpaired) electrons. The molecule has 0 spiro atoms. The molecule has 6 heteroatoms. The third-order valence-corrected chi connectivity index (χ3v) is 4.07. The van der Waals surface area contributed by atoms with Crippen LogP contribution in [0.15, 0.2) is 57.9 Å². The van der Waals surface area contributed by atoms with E-state index < -0.39 is 10.1 Å². The fourth-order valence-corrected chi connectivity index (χ4v) is 2.97. The maximum atomic E-state index is 12.1. The molecule has 19 heavy (non-hydrogen) atoms. The van der Waals surface area contributed by atoms with Gasteiger partial charge in [0, 0.05) is 10.5 Å². The lowest BCUT2D eigenvalue weighted by molar-refractivity contribution is 0.411. The van der Waals surface area contributed by atoms with Crippen molar-refractivity contribution >= 4 is 26.0 Å². The Morgan fingerprint density at radius 2 is 1.68 bits per heavy atom. The van der Waals surface area contributed by atoms with Gasteiger partial charge in [0.1, 0.15) is 16.4 Å². The number of halogens is 1. The number of benzene rings is 2. The smallest absolute Gasteiger partial charge is 0.339 e. The van der Waals surface area contributed by atoms with Gasteiger partial charge in [0.15, 0.2) is 0 Å². The van der Waals surface area contributed by atoms with Crippen LogP contribution in [0.3, 0.4) is 0 Å². The Labute approximate surface area is 120 Å². The molecule has 0 heterocycles. The van der Waals surface area contributed by atoms with E-state index in [2.05, 4.69) is 15.9 Å². The standard InChI is InChI=1S/C13H11BrO4S/c1-17-11-5-3-6-12(9-11)18-19(15,16)13-7-2-4-10(14)8-13/h2-9H,1H3. The summed E-state index contributed by atoms with van der Waals surface area (Å²) in [5.74, 6) is 0.737. The molecule has 0 saturated carbocycles. The Morgan fingerprint density at radius 3 is 2.37 bits per heavy atom. The molecule has 4 nitrogen and oxygen atoms in total. The summed E-state index contributed by atoms with van der Waals surface area (Å²) >= 11 is 3.22. The molecule has 0 aliphatic heterocycles. The zero-order valence-electron chi connectivity index (χ0n) is 10.0. The Hall–Kier alpha value is -1.53. The van der Waals surface area contributed by atoms with Gasteiger partial charge in [-0.15, -0.1) is 0 Å². The van der Waals surface area contributed by atoms with Crippen molar-refractivity contribution in [2.24, 2.45) is 0 Å². The molecule has 0 aliphatic carbocycles. The van der Waals surface area contributed by atoms with Gasteiger partial charge in [-0.05, 0) is 30.3 Å². The van der Waals surface area contributed by atoms with E-state index in [0.717, 1.165) is 0 Å². The zero-order chi connectivity index (χ0) is 13.9. The van der Waals surface area contributed by atoms with Crippen molar-refractivity contribution in [2.75, 3.05) is 7.11 Å². The van der Waals surface area contributed by atoms with Gasteiger partial charge in [-0.1, -0.05) is 28.1 Å². The van der Waals surface area contributed by atoms with Crippen molar-refractivity contribution in [3.63, 3.8) is 0 Å². The number of ether oxygens (including phenoxy) is 1. The van der Waals surface area contributed by atoms with E-state index >= 15 is 0 Å².